The number of nitrogens with one attached hydrogen (secondary N) is 1. The highest BCUT2D eigenvalue weighted by Gasteiger charge is 2.16. The summed E-state index contributed by atoms with van der Waals surface area (Å²) in [6.07, 6.45) is 10.1. The van der Waals surface area contributed by atoms with E-state index in [0.717, 1.165) is 37.3 Å². The van der Waals surface area contributed by atoms with Gasteiger partial charge in [-0.05, 0) is 18.9 Å². The highest BCUT2D eigenvalue weighted by Crippen LogP contribution is 2.23. The average Bonchev–Trinajstić information content (AvgIpc) is 3.01. The lowest BCUT2D eigenvalue weighted by Crippen LogP contribution is -2.18. The maximum atomic E-state index is 5.36. The second-order valence-electron chi connectivity index (χ2n) is 4.15. The van der Waals surface area contributed by atoms with Crippen molar-refractivity contribution in [3.63, 3.8) is 0 Å². The summed E-state index contributed by atoms with van der Waals surface area (Å²) in [4.78, 5) is 7.48. The highest BCUT2D eigenvalue weighted by atomic mass is 16.5. The number of aromatic amines is 1. The van der Waals surface area contributed by atoms with Gasteiger partial charge in [0.25, 0.3) is 0 Å². The predicted molar refractivity (Wildman–Crippen MR) is 61.1 cm³/mol. The first kappa shape index (κ1) is 9.66. The smallest absolute Gasteiger partial charge is 0.0956 e. The molecule has 3 heterocycles. The average molecular weight is 217 g/mol. The Balaban J connectivity index is 1.82. The quantitative estimate of drug-likeness (QED) is 0.838. The number of imidazole rings is 1. The van der Waals surface area contributed by atoms with E-state index in [4.69, 9.17) is 4.74 Å². The molecule has 1 N–H and O–H groups in total. The fraction of sp³-hybridized carbons (Fsp3) is 0.417. The SMILES string of the molecule is c1cc(-c2cn(C3CCOCC3)cn2)c[nH]1. The molecule has 0 radical (unpaired) electrons. The summed E-state index contributed by atoms with van der Waals surface area (Å²) >= 11 is 0. The lowest BCUT2D eigenvalue weighted by molar-refractivity contribution is 0.0696. The van der Waals surface area contributed by atoms with Crippen LogP contribution in [0.4, 0.5) is 0 Å². The van der Waals surface area contributed by atoms with Crippen LogP contribution >= 0.6 is 0 Å². The number of aromatic nitrogens is 3. The number of nitrogens with zero attached hydrogens (tertiary/aromatic N) is 2. The number of H-pyrrole nitrogens is 1. The Kier molecular flexibility index (Phi) is 2.50. The fourth-order valence-electron chi connectivity index (χ4n) is 2.15. The minimum atomic E-state index is 0.550. The van der Waals surface area contributed by atoms with Crippen molar-refractivity contribution in [2.75, 3.05) is 13.2 Å². The summed E-state index contributed by atoms with van der Waals surface area (Å²) in [7, 11) is 0. The molecule has 1 aliphatic rings. The van der Waals surface area contributed by atoms with Crippen LogP contribution in [0.5, 0.6) is 0 Å². The standard InChI is InChI=1S/C12H15N3O/c1-4-13-7-10(1)12-8-15(9-14-12)11-2-5-16-6-3-11/h1,4,7-9,11,13H,2-3,5-6H2. The molecule has 4 heteroatoms. The van der Waals surface area contributed by atoms with Crippen LogP contribution in [-0.4, -0.2) is 27.7 Å². The molecule has 1 saturated heterocycles. The maximum absolute atomic E-state index is 5.36. The second kappa shape index (κ2) is 4.14. The van der Waals surface area contributed by atoms with E-state index >= 15 is 0 Å². The van der Waals surface area contributed by atoms with E-state index in [-0.39, 0.29) is 0 Å². The molecule has 0 spiro atoms. The molecular formula is C12H15N3O. The molecule has 0 aromatic carbocycles. The summed E-state index contributed by atoms with van der Waals surface area (Å²) in [6.45, 7) is 1.73. The summed E-state index contributed by atoms with van der Waals surface area (Å²) in [5.74, 6) is 0. The Morgan fingerprint density at radius 2 is 2.25 bits per heavy atom. The minimum absolute atomic E-state index is 0.550. The van der Waals surface area contributed by atoms with Crippen LogP contribution in [-0.2, 0) is 4.74 Å². The van der Waals surface area contributed by atoms with Gasteiger partial charge in [-0.2, -0.15) is 0 Å². The molecule has 16 heavy (non-hydrogen) atoms. The van der Waals surface area contributed by atoms with Crippen molar-refractivity contribution in [3.05, 3.63) is 31.0 Å². The van der Waals surface area contributed by atoms with Gasteiger partial charge in [0.1, 0.15) is 0 Å². The molecular weight excluding hydrogens is 202 g/mol. The van der Waals surface area contributed by atoms with Crippen LogP contribution in [0.3, 0.4) is 0 Å². The highest BCUT2D eigenvalue weighted by molar-refractivity contribution is 5.56. The molecule has 0 bridgehead atoms. The largest absolute Gasteiger partial charge is 0.381 e. The normalized spacial score (nSPS) is 17.8. The Hall–Kier alpha value is -1.55. The monoisotopic (exact) mass is 217 g/mol. The predicted octanol–water partition coefficient (Wildman–Crippen LogP) is 2.23. The van der Waals surface area contributed by atoms with E-state index in [2.05, 4.69) is 20.7 Å². The van der Waals surface area contributed by atoms with Gasteiger partial charge in [-0.3, -0.25) is 0 Å². The van der Waals surface area contributed by atoms with E-state index in [9.17, 15) is 0 Å². The molecule has 0 unspecified atom stereocenters. The number of rotatable bonds is 2. The molecule has 0 atom stereocenters. The van der Waals surface area contributed by atoms with Gasteiger partial charge in [0.2, 0.25) is 0 Å². The molecule has 0 saturated carbocycles. The molecule has 1 aliphatic heterocycles. The molecule has 4 nitrogen and oxygen atoms in total. The lowest BCUT2D eigenvalue weighted by Gasteiger charge is -2.22. The molecule has 0 amide bonds. The topological polar surface area (TPSA) is 42.8 Å². The van der Waals surface area contributed by atoms with Gasteiger partial charge in [-0.1, -0.05) is 0 Å². The van der Waals surface area contributed by atoms with E-state index in [0.29, 0.717) is 6.04 Å². The van der Waals surface area contributed by atoms with E-state index in [1.165, 1.54) is 0 Å². The van der Waals surface area contributed by atoms with Crippen molar-refractivity contribution < 1.29 is 4.74 Å². The van der Waals surface area contributed by atoms with Crippen LogP contribution < -0.4 is 0 Å². The molecule has 2 aromatic rings. The van der Waals surface area contributed by atoms with E-state index in [1.54, 1.807) is 0 Å². The van der Waals surface area contributed by atoms with Crippen molar-refractivity contribution in [1.29, 1.82) is 0 Å². The summed E-state index contributed by atoms with van der Waals surface area (Å²) < 4.78 is 7.57. The Morgan fingerprint density at radius 1 is 1.38 bits per heavy atom. The zero-order chi connectivity index (χ0) is 10.8. The number of hydrogen-bond donors (Lipinski definition) is 1. The van der Waals surface area contributed by atoms with Crippen LogP contribution in [0.25, 0.3) is 11.3 Å². The van der Waals surface area contributed by atoms with Crippen LogP contribution in [0.15, 0.2) is 31.0 Å². The Bertz CT molecular complexity index is 441. The lowest BCUT2D eigenvalue weighted by atomic mass is 10.1. The number of hydrogen-bond acceptors (Lipinski definition) is 2. The molecule has 0 aliphatic carbocycles. The molecule has 2 aromatic heterocycles. The van der Waals surface area contributed by atoms with Gasteiger partial charge < -0.3 is 14.3 Å². The Morgan fingerprint density at radius 3 is 3.00 bits per heavy atom. The Labute approximate surface area is 94.3 Å². The third-order valence-electron chi connectivity index (χ3n) is 3.11. The zero-order valence-corrected chi connectivity index (χ0v) is 9.10. The van der Waals surface area contributed by atoms with Crippen molar-refractivity contribution >= 4 is 0 Å². The minimum Gasteiger partial charge on any atom is -0.381 e. The first-order valence-corrected chi connectivity index (χ1v) is 5.68. The van der Waals surface area contributed by atoms with Gasteiger partial charge in [-0.15, -0.1) is 0 Å². The van der Waals surface area contributed by atoms with Gasteiger partial charge in [0, 0.05) is 43.4 Å². The van der Waals surface area contributed by atoms with Crippen LogP contribution in [0, 0.1) is 0 Å². The van der Waals surface area contributed by atoms with E-state index < -0.39 is 0 Å². The fourth-order valence-corrected chi connectivity index (χ4v) is 2.15. The van der Waals surface area contributed by atoms with Crippen LogP contribution in [0.2, 0.25) is 0 Å². The number of ether oxygens (including phenoxy) is 1. The van der Waals surface area contributed by atoms with Crippen LogP contribution in [0.1, 0.15) is 18.9 Å². The van der Waals surface area contributed by atoms with Crippen molar-refractivity contribution in [3.8, 4) is 11.3 Å². The molecule has 3 rings (SSSR count). The van der Waals surface area contributed by atoms with Crippen molar-refractivity contribution in [1.82, 2.24) is 14.5 Å². The first-order chi connectivity index (χ1) is 7.93. The van der Waals surface area contributed by atoms with Gasteiger partial charge >= 0.3 is 0 Å². The molecule has 1 fully saturated rings. The first-order valence-electron chi connectivity index (χ1n) is 5.68. The third kappa shape index (κ3) is 1.76. The van der Waals surface area contributed by atoms with Gasteiger partial charge in [-0.25, -0.2) is 4.98 Å². The zero-order valence-electron chi connectivity index (χ0n) is 9.10. The summed E-state index contributed by atoms with van der Waals surface area (Å²) in [6, 6.07) is 2.59. The van der Waals surface area contributed by atoms with Crippen molar-refractivity contribution in [2.24, 2.45) is 0 Å². The van der Waals surface area contributed by atoms with Crippen molar-refractivity contribution in [2.45, 2.75) is 18.9 Å². The molecule has 84 valence electrons. The van der Waals surface area contributed by atoms with Gasteiger partial charge in [0.15, 0.2) is 0 Å². The summed E-state index contributed by atoms with van der Waals surface area (Å²) in [5, 5.41) is 0. The maximum Gasteiger partial charge on any atom is 0.0956 e. The van der Waals surface area contributed by atoms with E-state index in [1.807, 2.05) is 24.8 Å². The second-order valence-corrected chi connectivity index (χ2v) is 4.15. The third-order valence-corrected chi connectivity index (χ3v) is 3.11. The summed E-state index contributed by atoms with van der Waals surface area (Å²) in [5.41, 5.74) is 2.18. The van der Waals surface area contributed by atoms with Gasteiger partial charge in [0.05, 0.1) is 12.0 Å².